The molecule has 2 atom stereocenters. The maximum Gasteiger partial charge on any atom is 0.311 e. The summed E-state index contributed by atoms with van der Waals surface area (Å²) < 4.78 is 5.47. The highest BCUT2D eigenvalue weighted by Gasteiger charge is 2.49. The summed E-state index contributed by atoms with van der Waals surface area (Å²) in [5.74, 6) is -0.751. The molecule has 5 heteroatoms. The van der Waals surface area contributed by atoms with E-state index >= 15 is 0 Å². The Balaban J connectivity index is 1.79. The first-order chi connectivity index (χ1) is 12.1. The number of rotatable bonds is 6. The van der Waals surface area contributed by atoms with Gasteiger partial charge in [0.2, 0.25) is 11.8 Å². The number of para-hydroxylation sites is 2. The molecule has 0 unspecified atom stereocenters. The van der Waals surface area contributed by atoms with E-state index in [9.17, 15) is 14.4 Å². The number of benzene rings is 1. The van der Waals surface area contributed by atoms with Crippen LogP contribution < -0.4 is 9.64 Å². The Labute approximate surface area is 148 Å². The molecule has 0 aromatic heterocycles. The van der Waals surface area contributed by atoms with Gasteiger partial charge >= 0.3 is 5.97 Å². The van der Waals surface area contributed by atoms with E-state index < -0.39 is 0 Å². The van der Waals surface area contributed by atoms with Gasteiger partial charge in [-0.05, 0) is 31.4 Å². The number of hydrogen-bond acceptors (Lipinski definition) is 4. The second-order valence-electron chi connectivity index (χ2n) is 6.91. The van der Waals surface area contributed by atoms with Gasteiger partial charge in [-0.3, -0.25) is 14.4 Å². The van der Waals surface area contributed by atoms with E-state index in [1.807, 2.05) is 0 Å². The third-order valence-corrected chi connectivity index (χ3v) is 5.16. The van der Waals surface area contributed by atoms with Crippen molar-refractivity contribution in [1.82, 2.24) is 0 Å². The van der Waals surface area contributed by atoms with E-state index in [4.69, 9.17) is 4.74 Å². The molecule has 1 aliphatic heterocycles. The van der Waals surface area contributed by atoms with E-state index in [1.165, 1.54) is 4.90 Å². The molecule has 0 radical (unpaired) electrons. The Morgan fingerprint density at radius 3 is 2.36 bits per heavy atom. The Bertz CT molecular complexity index is 645. The van der Waals surface area contributed by atoms with Gasteiger partial charge in [-0.1, -0.05) is 44.7 Å². The minimum Gasteiger partial charge on any atom is -0.424 e. The number of hydrogen-bond donors (Lipinski definition) is 0. The summed E-state index contributed by atoms with van der Waals surface area (Å²) in [5, 5.41) is 0. The first kappa shape index (κ1) is 17.6. The lowest BCUT2D eigenvalue weighted by Crippen LogP contribution is -2.31. The number of carbonyl (C=O) groups excluding carboxylic acids is 3. The standard InChI is InChI=1S/C20H25NO4/c1-2-3-4-13-18(22)25-17-12-8-7-11-16(17)21-19(23)14-9-5-6-10-15(14)20(21)24/h7-8,11-12,14-15H,2-6,9-10,13H2,1H3/t14-,15-/m1/s1. The summed E-state index contributed by atoms with van der Waals surface area (Å²) >= 11 is 0. The zero-order valence-corrected chi connectivity index (χ0v) is 14.7. The van der Waals surface area contributed by atoms with Gasteiger partial charge in [0.25, 0.3) is 0 Å². The lowest BCUT2D eigenvalue weighted by Gasteiger charge is -2.19. The fraction of sp³-hybridized carbons (Fsp3) is 0.550. The van der Waals surface area contributed by atoms with Gasteiger partial charge in [0.05, 0.1) is 17.5 Å². The average Bonchev–Trinajstić information content (AvgIpc) is 2.87. The predicted molar refractivity (Wildman–Crippen MR) is 94.2 cm³/mol. The van der Waals surface area contributed by atoms with Gasteiger partial charge in [-0.25, -0.2) is 4.90 Å². The van der Waals surface area contributed by atoms with Crippen LogP contribution >= 0.6 is 0 Å². The maximum absolute atomic E-state index is 12.8. The molecule has 0 bridgehead atoms. The summed E-state index contributed by atoms with van der Waals surface area (Å²) in [6.07, 6.45) is 6.64. The summed E-state index contributed by atoms with van der Waals surface area (Å²) in [4.78, 5) is 38.8. The number of fused-ring (bicyclic) bond motifs is 1. The van der Waals surface area contributed by atoms with Crippen molar-refractivity contribution in [2.24, 2.45) is 11.8 Å². The summed E-state index contributed by atoms with van der Waals surface area (Å²) in [6.45, 7) is 2.07. The van der Waals surface area contributed by atoms with Crippen molar-refractivity contribution >= 4 is 23.5 Å². The molecule has 1 aliphatic carbocycles. The summed E-state index contributed by atoms with van der Waals surface area (Å²) in [5.41, 5.74) is 0.399. The minimum absolute atomic E-state index is 0.149. The van der Waals surface area contributed by atoms with Crippen LogP contribution in [-0.4, -0.2) is 17.8 Å². The Morgan fingerprint density at radius 1 is 1.08 bits per heavy atom. The maximum atomic E-state index is 12.8. The van der Waals surface area contributed by atoms with Gasteiger partial charge < -0.3 is 4.74 Å². The molecule has 25 heavy (non-hydrogen) atoms. The molecule has 1 saturated carbocycles. The van der Waals surface area contributed by atoms with Crippen LogP contribution in [0.3, 0.4) is 0 Å². The van der Waals surface area contributed by atoms with Gasteiger partial charge in [0.1, 0.15) is 0 Å². The topological polar surface area (TPSA) is 63.7 Å². The number of unbranched alkanes of at least 4 members (excludes halogenated alkanes) is 2. The number of carbonyl (C=O) groups is 3. The lowest BCUT2D eigenvalue weighted by molar-refractivity contribution is -0.134. The third-order valence-electron chi connectivity index (χ3n) is 5.16. The van der Waals surface area contributed by atoms with E-state index in [0.29, 0.717) is 17.9 Å². The van der Waals surface area contributed by atoms with Crippen LogP contribution in [0.4, 0.5) is 5.69 Å². The molecule has 0 spiro atoms. The van der Waals surface area contributed by atoms with Crippen molar-refractivity contribution in [3.05, 3.63) is 24.3 Å². The van der Waals surface area contributed by atoms with E-state index in [-0.39, 0.29) is 29.6 Å². The van der Waals surface area contributed by atoms with Crippen LogP contribution in [0, 0.1) is 11.8 Å². The summed E-state index contributed by atoms with van der Waals surface area (Å²) in [6, 6.07) is 6.83. The van der Waals surface area contributed by atoms with Gasteiger partial charge in [0, 0.05) is 6.42 Å². The van der Waals surface area contributed by atoms with Crippen LogP contribution in [-0.2, 0) is 14.4 Å². The SMILES string of the molecule is CCCCCC(=O)Oc1ccccc1N1C(=O)[C@@H]2CCCC[C@H]2C1=O. The number of ether oxygens (including phenoxy) is 1. The minimum atomic E-state index is -0.322. The number of amides is 2. The second-order valence-corrected chi connectivity index (χ2v) is 6.91. The predicted octanol–water partition coefficient (Wildman–Crippen LogP) is 3.85. The van der Waals surface area contributed by atoms with Crippen molar-refractivity contribution in [2.75, 3.05) is 4.90 Å². The van der Waals surface area contributed by atoms with Crippen LogP contribution in [0.1, 0.15) is 58.3 Å². The van der Waals surface area contributed by atoms with Crippen molar-refractivity contribution in [3.63, 3.8) is 0 Å². The van der Waals surface area contributed by atoms with E-state index in [0.717, 1.165) is 44.9 Å². The normalized spacial score (nSPS) is 22.8. The number of esters is 1. The molecular formula is C20H25NO4. The Hall–Kier alpha value is -2.17. The number of imide groups is 1. The fourth-order valence-corrected chi connectivity index (χ4v) is 3.82. The van der Waals surface area contributed by atoms with E-state index in [2.05, 4.69) is 6.92 Å². The highest BCUT2D eigenvalue weighted by molar-refractivity contribution is 6.22. The molecule has 1 heterocycles. The van der Waals surface area contributed by atoms with Crippen LogP contribution in [0.2, 0.25) is 0 Å². The van der Waals surface area contributed by atoms with Crippen molar-refractivity contribution in [1.29, 1.82) is 0 Å². The Kier molecular flexibility index (Phi) is 5.51. The smallest absolute Gasteiger partial charge is 0.311 e. The lowest BCUT2D eigenvalue weighted by atomic mass is 9.81. The first-order valence-corrected chi connectivity index (χ1v) is 9.31. The zero-order chi connectivity index (χ0) is 17.8. The molecule has 2 amide bonds. The molecule has 0 N–H and O–H groups in total. The molecule has 2 aliphatic rings. The fourth-order valence-electron chi connectivity index (χ4n) is 3.82. The molecular weight excluding hydrogens is 318 g/mol. The number of anilines is 1. The largest absolute Gasteiger partial charge is 0.424 e. The highest BCUT2D eigenvalue weighted by Crippen LogP contribution is 2.42. The number of nitrogens with zero attached hydrogens (tertiary/aromatic N) is 1. The molecule has 1 aromatic rings. The molecule has 5 nitrogen and oxygen atoms in total. The molecule has 1 aromatic carbocycles. The highest BCUT2D eigenvalue weighted by atomic mass is 16.5. The molecule has 2 fully saturated rings. The average molecular weight is 343 g/mol. The quantitative estimate of drug-likeness (QED) is 0.341. The van der Waals surface area contributed by atoms with Crippen molar-refractivity contribution in [2.45, 2.75) is 58.3 Å². The van der Waals surface area contributed by atoms with Gasteiger partial charge in [-0.2, -0.15) is 0 Å². The van der Waals surface area contributed by atoms with Crippen LogP contribution in [0.15, 0.2) is 24.3 Å². The first-order valence-electron chi connectivity index (χ1n) is 9.31. The molecule has 1 saturated heterocycles. The van der Waals surface area contributed by atoms with E-state index in [1.54, 1.807) is 24.3 Å². The molecule has 3 rings (SSSR count). The second kappa shape index (κ2) is 7.81. The molecule has 134 valence electrons. The van der Waals surface area contributed by atoms with Crippen molar-refractivity contribution in [3.8, 4) is 5.75 Å². The van der Waals surface area contributed by atoms with Gasteiger partial charge in [-0.15, -0.1) is 0 Å². The van der Waals surface area contributed by atoms with Crippen molar-refractivity contribution < 1.29 is 19.1 Å². The van der Waals surface area contributed by atoms with Crippen LogP contribution in [0.25, 0.3) is 0 Å². The third kappa shape index (κ3) is 3.60. The zero-order valence-electron chi connectivity index (χ0n) is 14.7. The van der Waals surface area contributed by atoms with Gasteiger partial charge in [0.15, 0.2) is 5.75 Å². The Morgan fingerprint density at radius 2 is 1.72 bits per heavy atom. The monoisotopic (exact) mass is 343 g/mol. The van der Waals surface area contributed by atoms with Crippen LogP contribution in [0.5, 0.6) is 5.75 Å². The summed E-state index contributed by atoms with van der Waals surface area (Å²) in [7, 11) is 0.